The van der Waals surface area contributed by atoms with Crippen LogP contribution < -0.4 is 5.73 Å². The van der Waals surface area contributed by atoms with Crippen molar-refractivity contribution < 1.29 is 5.11 Å². The van der Waals surface area contributed by atoms with E-state index >= 15 is 0 Å². The van der Waals surface area contributed by atoms with Crippen LogP contribution in [0.1, 0.15) is 35.6 Å². The summed E-state index contributed by atoms with van der Waals surface area (Å²) in [5.41, 5.74) is 9.65. The van der Waals surface area contributed by atoms with Crippen LogP contribution in [0.4, 0.5) is 0 Å². The van der Waals surface area contributed by atoms with E-state index in [0.29, 0.717) is 5.92 Å². The molecule has 1 fully saturated rings. The van der Waals surface area contributed by atoms with Gasteiger partial charge < -0.3 is 10.8 Å². The summed E-state index contributed by atoms with van der Waals surface area (Å²) < 4.78 is 0. The molecule has 2 rings (SSSR count). The number of hydrogen-bond donors (Lipinski definition) is 2. The van der Waals surface area contributed by atoms with Gasteiger partial charge in [-0.2, -0.15) is 0 Å². The third-order valence-corrected chi connectivity index (χ3v) is 3.48. The second-order valence-corrected chi connectivity index (χ2v) is 4.64. The van der Waals surface area contributed by atoms with E-state index in [9.17, 15) is 5.11 Å². The first-order valence-corrected chi connectivity index (χ1v) is 5.61. The van der Waals surface area contributed by atoms with Crippen molar-refractivity contribution in [3.05, 3.63) is 34.9 Å². The number of nitrogens with two attached hydrogens (primary N) is 1. The Kier molecular flexibility index (Phi) is 4.36. The van der Waals surface area contributed by atoms with Crippen molar-refractivity contribution in [2.24, 2.45) is 11.7 Å². The predicted octanol–water partition coefficient (Wildman–Crippen LogP) is 2.50. The molecular weight excluding hydrogens is 222 g/mol. The highest BCUT2D eigenvalue weighted by molar-refractivity contribution is 5.85. The third-order valence-electron chi connectivity index (χ3n) is 3.48. The number of rotatable bonds is 3. The van der Waals surface area contributed by atoms with Gasteiger partial charge in [-0.1, -0.05) is 18.2 Å². The van der Waals surface area contributed by atoms with Gasteiger partial charge in [-0.15, -0.1) is 12.4 Å². The molecule has 1 aliphatic rings. The Bertz CT molecular complexity index is 363. The quantitative estimate of drug-likeness (QED) is 0.854. The van der Waals surface area contributed by atoms with Gasteiger partial charge in [0.05, 0.1) is 12.1 Å². The number of aryl methyl sites for hydroxylation is 1. The van der Waals surface area contributed by atoms with Crippen LogP contribution in [0.25, 0.3) is 0 Å². The fourth-order valence-electron chi connectivity index (χ4n) is 2.05. The molecule has 3 heteroatoms. The first kappa shape index (κ1) is 13.5. The number of benzene rings is 1. The van der Waals surface area contributed by atoms with E-state index in [0.717, 1.165) is 18.4 Å². The van der Waals surface area contributed by atoms with Gasteiger partial charge in [-0.3, -0.25) is 0 Å². The first-order valence-electron chi connectivity index (χ1n) is 5.61. The van der Waals surface area contributed by atoms with Crippen LogP contribution in [0, 0.1) is 19.8 Å². The molecule has 0 unspecified atom stereocenters. The van der Waals surface area contributed by atoms with Gasteiger partial charge in [0.25, 0.3) is 0 Å². The molecule has 2 atom stereocenters. The van der Waals surface area contributed by atoms with Crippen LogP contribution in [0.5, 0.6) is 0 Å². The number of hydrogen-bond acceptors (Lipinski definition) is 2. The highest BCUT2D eigenvalue weighted by atomic mass is 35.5. The summed E-state index contributed by atoms with van der Waals surface area (Å²) in [6.07, 6.45) is 1.88. The SMILES string of the molecule is Cc1cccc([C@H](N)[C@H](O)C2CC2)c1C.Cl. The number of halogens is 1. The Morgan fingerprint density at radius 2 is 1.94 bits per heavy atom. The summed E-state index contributed by atoms with van der Waals surface area (Å²) in [5, 5.41) is 10.0. The zero-order valence-corrected chi connectivity index (χ0v) is 10.6. The molecule has 3 N–H and O–H groups in total. The predicted molar refractivity (Wildman–Crippen MR) is 68.8 cm³/mol. The van der Waals surface area contributed by atoms with Crippen molar-refractivity contribution in [1.29, 1.82) is 0 Å². The Morgan fingerprint density at radius 1 is 1.31 bits per heavy atom. The van der Waals surface area contributed by atoms with Gasteiger partial charge in [0.15, 0.2) is 0 Å². The van der Waals surface area contributed by atoms with Crippen molar-refractivity contribution in [2.45, 2.75) is 38.8 Å². The minimum atomic E-state index is -0.370. The van der Waals surface area contributed by atoms with Crippen LogP contribution in [0.3, 0.4) is 0 Å². The maximum Gasteiger partial charge on any atom is 0.0760 e. The zero-order valence-electron chi connectivity index (χ0n) is 9.81. The summed E-state index contributed by atoms with van der Waals surface area (Å²) in [6, 6.07) is 5.89. The zero-order chi connectivity index (χ0) is 11.0. The maximum atomic E-state index is 10.0. The first-order chi connectivity index (χ1) is 7.11. The van der Waals surface area contributed by atoms with Gasteiger partial charge >= 0.3 is 0 Å². The van der Waals surface area contributed by atoms with Crippen LogP contribution in [0.15, 0.2) is 18.2 Å². The lowest BCUT2D eigenvalue weighted by molar-refractivity contribution is 0.122. The van der Waals surface area contributed by atoms with Crippen LogP contribution in [0.2, 0.25) is 0 Å². The molecule has 0 amide bonds. The molecule has 0 aromatic heterocycles. The largest absolute Gasteiger partial charge is 0.391 e. The second kappa shape index (κ2) is 5.17. The summed E-state index contributed by atoms with van der Waals surface area (Å²) in [5.74, 6) is 0.430. The van der Waals surface area contributed by atoms with E-state index in [4.69, 9.17) is 5.73 Å². The lowest BCUT2D eigenvalue weighted by atomic mass is 9.93. The smallest absolute Gasteiger partial charge is 0.0760 e. The van der Waals surface area contributed by atoms with Gasteiger partial charge in [-0.25, -0.2) is 0 Å². The highest BCUT2D eigenvalue weighted by Crippen LogP contribution is 2.37. The highest BCUT2D eigenvalue weighted by Gasteiger charge is 2.34. The Balaban J connectivity index is 0.00000128. The lowest BCUT2D eigenvalue weighted by Crippen LogP contribution is -2.28. The van der Waals surface area contributed by atoms with E-state index in [1.165, 1.54) is 11.1 Å². The van der Waals surface area contributed by atoms with Crippen molar-refractivity contribution >= 4 is 12.4 Å². The van der Waals surface area contributed by atoms with E-state index in [2.05, 4.69) is 19.9 Å². The molecule has 0 spiro atoms. The van der Waals surface area contributed by atoms with E-state index < -0.39 is 0 Å². The monoisotopic (exact) mass is 241 g/mol. The molecule has 0 saturated heterocycles. The Labute approximate surface area is 103 Å². The fraction of sp³-hybridized carbons (Fsp3) is 0.538. The Morgan fingerprint density at radius 3 is 2.50 bits per heavy atom. The van der Waals surface area contributed by atoms with Crippen LogP contribution in [-0.4, -0.2) is 11.2 Å². The molecular formula is C13H20ClNO. The molecule has 0 heterocycles. The average molecular weight is 242 g/mol. The summed E-state index contributed by atoms with van der Waals surface area (Å²) in [7, 11) is 0. The molecule has 1 aliphatic carbocycles. The molecule has 0 bridgehead atoms. The van der Waals surface area contributed by atoms with Gasteiger partial charge in [0, 0.05) is 0 Å². The summed E-state index contributed by atoms with van der Waals surface area (Å²) in [4.78, 5) is 0. The molecule has 1 aromatic carbocycles. The fourth-order valence-corrected chi connectivity index (χ4v) is 2.05. The van der Waals surface area contributed by atoms with Gasteiger partial charge in [-0.05, 0) is 49.3 Å². The molecule has 2 nitrogen and oxygen atoms in total. The van der Waals surface area contributed by atoms with E-state index in [1.807, 2.05) is 12.1 Å². The topological polar surface area (TPSA) is 46.2 Å². The average Bonchev–Trinajstić information content (AvgIpc) is 3.03. The maximum absolute atomic E-state index is 10.0. The molecule has 1 aromatic rings. The molecule has 0 radical (unpaired) electrons. The lowest BCUT2D eigenvalue weighted by Gasteiger charge is -2.21. The normalized spacial score (nSPS) is 18.8. The van der Waals surface area contributed by atoms with Crippen LogP contribution >= 0.6 is 12.4 Å². The minimum absolute atomic E-state index is 0. The summed E-state index contributed by atoms with van der Waals surface area (Å²) in [6.45, 7) is 4.15. The molecule has 90 valence electrons. The Hall–Kier alpha value is -0.570. The minimum Gasteiger partial charge on any atom is -0.391 e. The van der Waals surface area contributed by atoms with Gasteiger partial charge in [0.1, 0.15) is 0 Å². The van der Waals surface area contributed by atoms with E-state index in [-0.39, 0.29) is 24.6 Å². The third kappa shape index (κ3) is 2.57. The molecule has 16 heavy (non-hydrogen) atoms. The van der Waals surface area contributed by atoms with Crippen molar-refractivity contribution in [1.82, 2.24) is 0 Å². The van der Waals surface area contributed by atoms with Crippen molar-refractivity contribution in [3.63, 3.8) is 0 Å². The van der Waals surface area contributed by atoms with Crippen LogP contribution in [-0.2, 0) is 0 Å². The standard InChI is InChI=1S/C13H19NO.ClH/c1-8-4-3-5-11(9(8)2)12(14)13(15)10-6-7-10;/h3-5,10,12-13,15H,6-7,14H2,1-2H3;1H/t12-,13+;/m0./s1. The molecule has 1 saturated carbocycles. The number of aliphatic hydroxyl groups excluding tert-OH is 1. The van der Waals surface area contributed by atoms with E-state index in [1.54, 1.807) is 0 Å². The van der Waals surface area contributed by atoms with Gasteiger partial charge in [0.2, 0.25) is 0 Å². The molecule has 0 aliphatic heterocycles. The second-order valence-electron chi connectivity index (χ2n) is 4.64. The van der Waals surface area contributed by atoms with Crippen molar-refractivity contribution in [2.75, 3.05) is 0 Å². The number of aliphatic hydroxyl groups is 1. The summed E-state index contributed by atoms with van der Waals surface area (Å²) >= 11 is 0. The van der Waals surface area contributed by atoms with Crippen molar-refractivity contribution in [3.8, 4) is 0 Å².